The van der Waals surface area contributed by atoms with E-state index in [1.807, 2.05) is 0 Å². The maximum absolute atomic E-state index is 12.3. The number of pyridine rings is 1. The smallest absolute Gasteiger partial charge is 0.324 e. The highest BCUT2D eigenvalue weighted by molar-refractivity contribution is 5.13. The van der Waals surface area contributed by atoms with Crippen molar-refractivity contribution in [2.75, 3.05) is 0 Å². The Labute approximate surface area is 77.7 Å². The van der Waals surface area contributed by atoms with Crippen molar-refractivity contribution in [3.8, 4) is 0 Å². The molecule has 14 heavy (non-hydrogen) atoms. The van der Waals surface area contributed by atoms with E-state index in [1.165, 1.54) is 6.07 Å². The highest BCUT2D eigenvalue weighted by Gasteiger charge is 2.30. The van der Waals surface area contributed by atoms with E-state index in [-0.39, 0.29) is 5.56 Å². The zero-order chi connectivity index (χ0) is 10.8. The molecule has 0 aliphatic heterocycles. The zero-order valence-electron chi connectivity index (χ0n) is 7.05. The molecule has 0 amide bonds. The van der Waals surface area contributed by atoms with Crippen LogP contribution >= 0.6 is 0 Å². The molecule has 1 atom stereocenters. The number of halogens is 4. The van der Waals surface area contributed by atoms with Crippen molar-refractivity contribution in [1.29, 1.82) is 0 Å². The Morgan fingerprint density at radius 3 is 2.43 bits per heavy atom. The highest BCUT2D eigenvalue weighted by atomic mass is 19.4. The number of nitrogens with zero attached hydrogens (tertiary/aromatic N) is 1. The Morgan fingerprint density at radius 1 is 1.36 bits per heavy atom. The molecule has 1 rings (SSSR count). The molecule has 2 N–H and O–H groups in total. The molecule has 1 aromatic heterocycles. The summed E-state index contributed by atoms with van der Waals surface area (Å²) in [6, 6.07) is 0.979. The summed E-state index contributed by atoms with van der Waals surface area (Å²) in [5.74, 6) is -0.743. The maximum Gasteiger partial charge on any atom is 0.390 e. The Bertz CT molecular complexity index is 293. The van der Waals surface area contributed by atoms with Crippen LogP contribution in [0.4, 0.5) is 17.6 Å². The van der Waals surface area contributed by atoms with Crippen LogP contribution in [0.5, 0.6) is 0 Å². The second-order valence-corrected chi connectivity index (χ2v) is 2.84. The van der Waals surface area contributed by atoms with Gasteiger partial charge >= 0.3 is 6.18 Å². The molecule has 2 nitrogen and oxygen atoms in total. The van der Waals surface area contributed by atoms with Crippen LogP contribution in [0.1, 0.15) is 18.0 Å². The van der Waals surface area contributed by atoms with E-state index >= 15 is 0 Å². The summed E-state index contributed by atoms with van der Waals surface area (Å²) in [6.45, 7) is 0. The molecule has 0 aromatic carbocycles. The van der Waals surface area contributed by atoms with E-state index < -0.39 is 24.6 Å². The summed E-state index contributed by atoms with van der Waals surface area (Å²) in [5.41, 5.74) is 5.42. The molecule has 0 aliphatic rings. The number of rotatable bonds is 2. The normalized spacial score (nSPS) is 14.1. The summed E-state index contributed by atoms with van der Waals surface area (Å²) in [7, 11) is 0. The minimum atomic E-state index is -4.33. The van der Waals surface area contributed by atoms with Crippen molar-refractivity contribution in [1.82, 2.24) is 4.98 Å². The third-order valence-electron chi connectivity index (χ3n) is 1.63. The monoisotopic (exact) mass is 208 g/mol. The zero-order valence-corrected chi connectivity index (χ0v) is 7.05. The van der Waals surface area contributed by atoms with Gasteiger partial charge in [0.15, 0.2) is 0 Å². The Balaban J connectivity index is 2.70. The third kappa shape index (κ3) is 3.29. The first-order valence-electron chi connectivity index (χ1n) is 3.82. The lowest BCUT2D eigenvalue weighted by Crippen LogP contribution is -2.20. The highest BCUT2D eigenvalue weighted by Crippen LogP contribution is 2.27. The van der Waals surface area contributed by atoms with E-state index in [2.05, 4.69) is 4.98 Å². The average Bonchev–Trinajstić information content (AvgIpc) is 2.02. The number of hydrogen-bond acceptors (Lipinski definition) is 2. The molecule has 0 fully saturated rings. The topological polar surface area (TPSA) is 38.9 Å². The molecule has 78 valence electrons. The quantitative estimate of drug-likeness (QED) is 0.597. The lowest BCUT2D eigenvalue weighted by molar-refractivity contribution is -0.138. The SMILES string of the molecule is N[C@H](CC(F)(F)F)c1ccc(F)nc1. The van der Waals surface area contributed by atoms with E-state index in [0.717, 1.165) is 12.3 Å². The van der Waals surface area contributed by atoms with Crippen LogP contribution in [-0.2, 0) is 0 Å². The molecular formula is C8H8F4N2. The van der Waals surface area contributed by atoms with Gasteiger partial charge in [-0.1, -0.05) is 6.07 Å². The molecule has 6 heteroatoms. The Kier molecular flexibility index (Phi) is 3.05. The van der Waals surface area contributed by atoms with Crippen LogP contribution in [0.2, 0.25) is 0 Å². The lowest BCUT2D eigenvalue weighted by Gasteiger charge is -2.13. The van der Waals surface area contributed by atoms with Gasteiger partial charge in [-0.25, -0.2) is 4.98 Å². The second kappa shape index (κ2) is 3.91. The van der Waals surface area contributed by atoms with Crippen LogP contribution in [0, 0.1) is 5.95 Å². The van der Waals surface area contributed by atoms with Crippen molar-refractivity contribution in [2.24, 2.45) is 5.73 Å². The average molecular weight is 208 g/mol. The van der Waals surface area contributed by atoms with Gasteiger partial charge < -0.3 is 5.73 Å². The fourth-order valence-electron chi connectivity index (χ4n) is 0.974. The molecule has 0 saturated carbocycles. The predicted octanol–water partition coefficient (Wildman–Crippen LogP) is 2.17. The van der Waals surface area contributed by atoms with E-state index in [1.54, 1.807) is 0 Å². The van der Waals surface area contributed by atoms with Gasteiger partial charge in [0.2, 0.25) is 5.95 Å². The van der Waals surface area contributed by atoms with Gasteiger partial charge in [0, 0.05) is 12.2 Å². The molecule has 0 unspecified atom stereocenters. The minimum absolute atomic E-state index is 0.170. The summed E-state index contributed by atoms with van der Waals surface area (Å²) in [5, 5.41) is 0. The summed E-state index contributed by atoms with van der Waals surface area (Å²) >= 11 is 0. The predicted molar refractivity (Wildman–Crippen MR) is 41.8 cm³/mol. The second-order valence-electron chi connectivity index (χ2n) is 2.84. The van der Waals surface area contributed by atoms with Crippen molar-refractivity contribution < 1.29 is 17.6 Å². The number of hydrogen-bond donors (Lipinski definition) is 1. The van der Waals surface area contributed by atoms with Gasteiger partial charge in [0.1, 0.15) is 0 Å². The summed E-state index contributed by atoms with van der Waals surface area (Å²) < 4.78 is 48.0. The molecule has 0 aliphatic carbocycles. The first-order chi connectivity index (χ1) is 6.38. The molecular weight excluding hydrogens is 200 g/mol. The molecule has 1 aromatic rings. The fourth-order valence-corrected chi connectivity index (χ4v) is 0.974. The molecule has 0 spiro atoms. The Hall–Kier alpha value is -1.17. The van der Waals surface area contributed by atoms with Crippen LogP contribution in [-0.4, -0.2) is 11.2 Å². The van der Waals surface area contributed by atoms with Crippen molar-refractivity contribution in [3.63, 3.8) is 0 Å². The maximum atomic E-state index is 12.3. The van der Waals surface area contributed by atoms with Crippen LogP contribution in [0.15, 0.2) is 18.3 Å². The number of alkyl halides is 3. The van der Waals surface area contributed by atoms with Gasteiger partial charge in [-0.15, -0.1) is 0 Å². The minimum Gasteiger partial charge on any atom is -0.324 e. The largest absolute Gasteiger partial charge is 0.390 e. The summed E-state index contributed by atoms with van der Waals surface area (Å²) in [4.78, 5) is 3.22. The van der Waals surface area contributed by atoms with Crippen LogP contribution < -0.4 is 5.73 Å². The van der Waals surface area contributed by atoms with E-state index in [4.69, 9.17) is 5.73 Å². The van der Waals surface area contributed by atoms with Crippen molar-refractivity contribution >= 4 is 0 Å². The molecule has 1 heterocycles. The molecule has 0 saturated heterocycles. The molecule has 0 bridgehead atoms. The lowest BCUT2D eigenvalue weighted by atomic mass is 10.1. The Morgan fingerprint density at radius 2 is 2.00 bits per heavy atom. The fraction of sp³-hybridized carbons (Fsp3) is 0.375. The standard InChI is InChI=1S/C8H8F4N2/c9-7-2-1-5(4-14-7)6(13)3-8(10,11)12/h1-2,4,6H,3,13H2/t6-/m1/s1. The van der Waals surface area contributed by atoms with Gasteiger partial charge in [0.05, 0.1) is 6.42 Å². The first kappa shape index (κ1) is 10.9. The third-order valence-corrected chi connectivity index (χ3v) is 1.63. The van der Waals surface area contributed by atoms with Crippen molar-refractivity contribution in [2.45, 2.75) is 18.6 Å². The van der Waals surface area contributed by atoms with Gasteiger partial charge in [-0.2, -0.15) is 17.6 Å². The van der Waals surface area contributed by atoms with Crippen LogP contribution in [0.25, 0.3) is 0 Å². The van der Waals surface area contributed by atoms with Gasteiger partial charge in [-0.05, 0) is 11.6 Å². The first-order valence-corrected chi connectivity index (χ1v) is 3.82. The number of aromatic nitrogens is 1. The molecule has 0 radical (unpaired) electrons. The van der Waals surface area contributed by atoms with E-state index in [9.17, 15) is 17.6 Å². The van der Waals surface area contributed by atoms with Gasteiger partial charge in [0.25, 0.3) is 0 Å². The van der Waals surface area contributed by atoms with Crippen molar-refractivity contribution in [3.05, 3.63) is 29.8 Å². The number of nitrogens with two attached hydrogens (primary N) is 1. The van der Waals surface area contributed by atoms with Gasteiger partial charge in [-0.3, -0.25) is 0 Å². The van der Waals surface area contributed by atoms with E-state index in [0.29, 0.717) is 0 Å². The summed E-state index contributed by atoms with van der Waals surface area (Å²) in [6.07, 6.45) is -4.46. The van der Waals surface area contributed by atoms with Crippen LogP contribution in [0.3, 0.4) is 0 Å².